The molecule has 138 valence electrons. The number of esters is 1. The zero-order valence-electron chi connectivity index (χ0n) is 13.5. The Hall–Kier alpha value is -1.07. The molecule has 2 rings (SSSR count). The number of hydrogen-bond donors (Lipinski definition) is 5. The van der Waals surface area contributed by atoms with Gasteiger partial charge >= 0.3 is 5.97 Å². The normalized spacial score (nSPS) is 40.5. The predicted molar refractivity (Wildman–Crippen MR) is 78.5 cm³/mol. The summed E-state index contributed by atoms with van der Waals surface area (Å²) in [7, 11) is 0. The van der Waals surface area contributed by atoms with Gasteiger partial charge in [-0.1, -0.05) is 11.6 Å². The first kappa shape index (κ1) is 19.3. The number of ether oxygens (including phenoxy) is 3. The molecule has 2 fully saturated rings. The van der Waals surface area contributed by atoms with Crippen molar-refractivity contribution in [3.8, 4) is 0 Å². The number of hydrogen-bond acceptors (Lipinski definition) is 9. The topological polar surface area (TPSA) is 146 Å². The summed E-state index contributed by atoms with van der Waals surface area (Å²) in [4.78, 5) is 11.6. The van der Waals surface area contributed by atoms with Crippen LogP contribution < -0.4 is 0 Å². The Morgan fingerprint density at radius 1 is 1.25 bits per heavy atom. The molecule has 0 amide bonds. The molecule has 8 atom stereocenters. The van der Waals surface area contributed by atoms with Gasteiger partial charge < -0.3 is 39.7 Å². The molecule has 2 heterocycles. The summed E-state index contributed by atoms with van der Waals surface area (Å²) in [5, 5.41) is 48.3. The molecule has 0 radical (unpaired) electrons. The van der Waals surface area contributed by atoms with Crippen molar-refractivity contribution in [1.82, 2.24) is 0 Å². The maximum absolute atomic E-state index is 11.6. The quantitative estimate of drug-likeness (QED) is 0.263. The number of aliphatic hydroxyl groups excluding tert-OH is 5. The Labute approximate surface area is 139 Å². The number of aliphatic hydroxyl groups is 5. The van der Waals surface area contributed by atoms with Crippen LogP contribution >= 0.6 is 0 Å². The first-order chi connectivity index (χ1) is 11.3. The molecule has 0 saturated carbocycles. The van der Waals surface area contributed by atoms with Crippen LogP contribution in [0.5, 0.6) is 0 Å². The molecule has 0 aromatic carbocycles. The predicted octanol–water partition coefficient (Wildman–Crippen LogP) is -2.33. The monoisotopic (exact) mass is 348 g/mol. The summed E-state index contributed by atoms with van der Waals surface area (Å²) < 4.78 is 15.4. The van der Waals surface area contributed by atoms with E-state index in [1.807, 2.05) is 0 Å². The molecule has 0 aromatic rings. The van der Waals surface area contributed by atoms with Crippen LogP contribution in [0.4, 0.5) is 0 Å². The van der Waals surface area contributed by atoms with E-state index in [9.17, 15) is 25.2 Å². The van der Waals surface area contributed by atoms with Gasteiger partial charge in [0.25, 0.3) is 0 Å². The van der Waals surface area contributed by atoms with Gasteiger partial charge in [0.15, 0.2) is 6.29 Å². The van der Waals surface area contributed by atoms with E-state index in [4.69, 9.17) is 19.3 Å². The molecule has 2 saturated heterocycles. The van der Waals surface area contributed by atoms with Crippen LogP contribution in [0, 0.1) is 5.92 Å². The lowest BCUT2D eigenvalue weighted by Crippen LogP contribution is -2.60. The van der Waals surface area contributed by atoms with Gasteiger partial charge in [-0.25, -0.2) is 0 Å². The van der Waals surface area contributed by atoms with Gasteiger partial charge in [-0.2, -0.15) is 0 Å². The minimum Gasteiger partial charge on any atom is -0.458 e. The van der Waals surface area contributed by atoms with Gasteiger partial charge in [0.2, 0.25) is 0 Å². The van der Waals surface area contributed by atoms with Crippen LogP contribution in [0.15, 0.2) is 11.6 Å². The number of carbonyl (C=O) groups excluding carboxylic acids is 1. The second-order valence-electron chi connectivity index (χ2n) is 6.27. The van der Waals surface area contributed by atoms with Crippen LogP contribution in [-0.4, -0.2) is 87.6 Å². The third-order valence-electron chi connectivity index (χ3n) is 4.08. The number of carbonyl (C=O) groups is 1. The Morgan fingerprint density at radius 2 is 1.92 bits per heavy atom. The molecule has 9 nitrogen and oxygen atoms in total. The molecular formula is C15H24O9. The Morgan fingerprint density at radius 3 is 2.46 bits per heavy atom. The van der Waals surface area contributed by atoms with E-state index in [2.05, 4.69) is 0 Å². The molecule has 0 aliphatic carbocycles. The largest absolute Gasteiger partial charge is 0.458 e. The van der Waals surface area contributed by atoms with E-state index in [-0.39, 0.29) is 6.61 Å². The van der Waals surface area contributed by atoms with Crippen molar-refractivity contribution in [2.45, 2.75) is 56.8 Å². The fourth-order valence-corrected chi connectivity index (χ4v) is 2.68. The second-order valence-corrected chi connectivity index (χ2v) is 6.27. The molecule has 0 aromatic heterocycles. The van der Waals surface area contributed by atoms with E-state index in [1.54, 1.807) is 19.9 Å². The van der Waals surface area contributed by atoms with Gasteiger partial charge in [0.05, 0.1) is 13.2 Å². The van der Waals surface area contributed by atoms with Crippen LogP contribution in [0.1, 0.15) is 13.8 Å². The SMILES string of the molecule is CC(C)=C[C@H](O)[C@H]1OC(=O)[C@H]1CO[C@@H]1O[C@H](CO)[C@@H](O)[C@H](O)[C@H]1O. The summed E-state index contributed by atoms with van der Waals surface area (Å²) in [5.74, 6) is -1.30. The zero-order chi connectivity index (χ0) is 18.0. The van der Waals surface area contributed by atoms with E-state index in [0.717, 1.165) is 5.57 Å². The van der Waals surface area contributed by atoms with Crippen LogP contribution in [0.2, 0.25) is 0 Å². The van der Waals surface area contributed by atoms with Crippen molar-refractivity contribution in [3.05, 3.63) is 11.6 Å². The van der Waals surface area contributed by atoms with E-state index in [1.165, 1.54) is 0 Å². The Balaban J connectivity index is 1.94. The summed E-state index contributed by atoms with van der Waals surface area (Å²) in [6.07, 6.45) is -7.18. The van der Waals surface area contributed by atoms with Crippen molar-refractivity contribution < 1.29 is 44.5 Å². The highest BCUT2D eigenvalue weighted by molar-refractivity contribution is 5.79. The van der Waals surface area contributed by atoms with Gasteiger partial charge in [0.1, 0.15) is 42.5 Å². The van der Waals surface area contributed by atoms with Crippen LogP contribution in [-0.2, 0) is 19.0 Å². The summed E-state index contributed by atoms with van der Waals surface area (Å²) in [6.45, 7) is 2.81. The molecule has 2 aliphatic heterocycles. The van der Waals surface area contributed by atoms with Gasteiger partial charge in [-0.05, 0) is 13.8 Å². The molecular weight excluding hydrogens is 324 g/mol. The fraction of sp³-hybridized carbons (Fsp3) is 0.800. The van der Waals surface area contributed by atoms with Crippen molar-refractivity contribution in [2.75, 3.05) is 13.2 Å². The molecule has 0 bridgehead atoms. The first-order valence-corrected chi connectivity index (χ1v) is 7.72. The third kappa shape index (κ3) is 3.94. The van der Waals surface area contributed by atoms with E-state index >= 15 is 0 Å². The Bertz CT molecular complexity index is 474. The van der Waals surface area contributed by atoms with Crippen molar-refractivity contribution >= 4 is 5.97 Å². The minimum absolute atomic E-state index is 0.208. The standard InChI is InChI=1S/C15H24O9/c1-6(2)3-8(17)13-7(14(21)24-13)5-22-15-12(20)11(19)10(18)9(4-16)23-15/h3,7-13,15-20H,4-5H2,1-2H3/t7-,8-,9+,10+,11-,12+,13-,15+/m0/s1. The molecule has 9 heteroatoms. The van der Waals surface area contributed by atoms with Crippen molar-refractivity contribution in [2.24, 2.45) is 5.92 Å². The molecule has 5 N–H and O–H groups in total. The summed E-state index contributed by atoms with van der Waals surface area (Å²) >= 11 is 0. The van der Waals surface area contributed by atoms with E-state index < -0.39 is 61.4 Å². The number of allylic oxidation sites excluding steroid dienone is 1. The second kappa shape index (κ2) is 7.87. The van der Waals surface area contributed by atoms with Gasteiger partial charge in [-0.3, -0.25) is 4.79 Å². The summed E-state index contributed by atoms with van der Waals surface area (Å²) in [6, 6.07) is 0. The molecule has 24 heavy (non-hydrogen) atoms. The zero-order valence-corrected chi connectivity index (χ0v) is 13.5. The average molecular weight is 348 g/mol. The third-order valence-corrected chi connectivity index (χ3v) is 4.08. The van der Waals surface area contributed by atoms with Crippen molar-refractivity contribution in [3.63, 3.8) is 0 Å². The van der Waals surface area contributed by atoms with Crippen molar-refractivity contribution in [1.29, 1.82) is 0 Å². The lowest BCUT2D eigenvalue weighted by atomic mass is 9.92. The smallest absolute Gasteiger partial charge is 0.315 e. The van der Waals surface area contributed by atoms with E-state index in [0.29, 0.717) is 0 Å². The summed E-state index contributed by atoms with van der Waals surface area (Å²) in [5.41, 5.74) is 0.860. The lowest BCUT2D eigenvalue weighted by molar-refractivity contribution is -0.307. The molecule has 0 spiro atoms. The van der Waals surface area contributed by atoms with Gasteiger partial charge in [0, 0.05) is 0 Å². The average Bonchev–Trinajstić information content (AvgIpc) is 2.51. The van der Waals surface area contributed by atoms with Gasteiger partial charge in [-0.15, -0.1) is 0 Å². The first-order valence-electron chi connectivity index (χ1n) is 7.72. The minimum atomic E-state index is -1.55. The lowest BCUT2D eigenvalue weighted by Gasteiger charge is -2.41. The highest BCUT2D eigenvalue weighted by atomic mass is 16.7. The van der Waals surface area contributed by atoms with Crippen LogP contribution in [0.25, 0.3) is 0 Å². The molecule has 0 unspecified atom stereocenters. The highest BCUT2D eigenvalue weighted by Crippen LogP contribution is 2.29. The number of cyclic esters (lactones) is 1. The maximum Gasteiger partial charge on any atom is 0.315 e. The fourth-order valence-electron chi connectivity index (χ4n) is 2.68. The number of rotatable bonds is 6. The Kier molecular flexibility index (Phi) is 6.32. The molecule has 2 aliphatic rings. The van der Waals surface area contributed by atoms with Crippen LogP contribution in [0.3, 0.4) is 0 Å². The highest BCUT2D eigenvalue weighted by Gasteiger charge is 2.49. The maximum atomic E-state index is 11.6.